The van der Waals surface area contributed by atoms with Crippen molar-refractivity contribution in [3.63, 3.8) is 0 Å². The maximum atomic E-state index is 12.7. The number of carbonyl (C=O) groups excluding carboxylic acids is 1. The highest BCUT2D eigenvalue weighted by Crippen LogP contribution is 2.53. The van der Waals surface area contributed by atoms with Crippen molar-refractivity contribution in [1.29, 1.82) is 0 Å². The van der Waals surface area contributed by atoms with E-state index in [0.717, 1.165) is 52.4 Å². The van der Waals surface area contributed by atoms with Gasteiger partial charge < -0.3 is 15.0 Å². The van der Waals surface area contributed by atoms with Crippen molar-refractivity contribution < 1.29 is 9.53 Å². The molecule has 0 bridgehead atoms. The first-order chi connectivity index (χ1) is 11.6. The summed E-state index contributed by atoms with van der Waals surface area (Å²) in [5, 5.41) is 4.82. The third kappa shape index (κ3) is 2.30. The van der Waals surface area contributed by atoms with Gasteiger partial charge in [0.2, 0.25) is 0 Å². The summed E-state index contributed by atoms with van der Waals surface area (Å²) in [4.78, 5) is 16.3. The molecule has 0 spiro atoms. The molecule has 1 aromatic carbocycles. The summed E-state index contributed by atoms with van der Waals surface area (Å²) in [6.07, 6.45) is 3.83. The van der Waals surface area contributed by atoms with Crippen LogP contribution in [0.25, 0.3) is 10.9 Å². The molecule has 1 saturated carbocycles. The largest absolute Gasteiger partial charge is 0.466 e. The third-order valence-electron chi connectivity index (χ3n) is 5.48. The maximum Gasteiger partial charge on any atom is 0.314 e. The van der Waals surface area contributed by atoms with E-state index in [1.54, 1.807) is 0 Å². The minimum Gasteiger partial charge on any atom is -0.466 e. The molecule has 2 aromatic rings. The van der Waals surface area contributed by atoms with Crippen LogP contribution < -0.4 is 5.32 Å². The minimum atomic E-state index is -0.421. The zero-order valence-corrected chi connectivity index (χ0v) is 16.7. The zero-order chi connectivity index (χ0) is 16.9. The molecule has 24 heavy (non-hydrogen) atoms. The number of rotatable bonds is 3. The Morgan fingerprint density at radius 3 is 2.83 bits per heavy atom. The molecular formula is C18H20Br2N2O2. The number of hydrogen-bond acceptors (Lipinski definition) is 3. The van der Waals surface area contributed by atoms with Gasteiger partial charge in [-0.1, -0.05) is 6.42 Å². The summed E-state index contributed by atoms with van der Waals surface area (Å²) >= 11 is 7.32. The van der Waals surface area contributed by atoms with Crippen LogP contribution in [0.15, 0.2) is 21.1 Å². The van der Waals surface area contributed by atoms with Crippen molar-refractivity contribution in [1.82, 2.24) is 10.3 Å². The number of halogens is 2. The lowest BCUT2D eigenvalue weighted by Crippen LogP contribution is -2.51. The summed E-state index contributed by atoms with van der Waals surface area (Å²) in [5.41, 5.74) is 3.16. The molecule has 0 amide bonds. The van der Waals surface area contributed by atoms with Crippen molar-refractivity contribution >= 4 is 48.7 Å². The second-order valence-corrected chi connectivity index (χ2v) is 8.32. The van der Waals surface area contributed by atoms with Crippen LogP contribution in [0, 0.1) is 5.41 Å². The van der Waals surface area contributed by atoms with Crippen molar-refractivity contribution in [3.05, 3.63) is 32.3 Å². The van der Waals surface area contributed by atoms with Crippen LogP contribution in [0.5, 0.6) is 0 Å². The first-order valence-electron chi connectivity index (χ1n) is 8.47. The summed E-state index contributed by atoms with van der Waals surface area (Å²) in [6, 6.07) is 4.14. The van der Waals surface area contributed by atoms with E-state index in [1.165, 1.54) is 10.9 Å². The van der Waals surface area contributed by atoms with Gasteiger partial charge in [0.1, 0.15) is 0 Å². The topological polar surface area (TPSA) is 54.1 Å². The van der Waals surface area contributed by atoms with Gasteiger partial charge in [0.15, 0.2) is 0 Å². The van der Waals surface area contributed by atoms with E-state index in [2.05, 4.69) is 48.2 Å². The molecule has 128 valence electrons. The Balaban J connectivity index is 1.85. The summed E-state index contributed by atoms with van der Waals surface area (Å²) in [7, 11) is 0. The smallest absolute Gasteiger partial charge is 0.314 e. The van der Waals surface area contributed by atoms with Crippen molar-refractivity contribution in [2.45, 2.75) is 38.6 Å². The van der Waals surface area contributed by atoms with Crippen LogP contribution in [0.4, 0.5) is 0 Å². The lowest BCUT2D eigenvalue weighted by molar-refractivity contribution is -0.164. The van der Waals surface area contributed by atoms with Crippen LogP contribution in [0.1, 0.15) is 43.5 Å². The Bertz CT molecular complexity index is 811. The second kappa shape index (κ2) is 6.15. The van der Waals surface area contributed by atoms with Crippen molar-refractivity contribution in [2.24, 2.45) is 5.41 Å². The minimum absolute atomic E-state index is 0.00660. The highest BCUT2D eigenvalue weighted by Gasteiger charge is 2.53. The highest BCUT2D eigenvalue weighted by molar-refractivity contribution is 9.13. The number of hydrogen-bond donors (Lipinski definition) is 2. The molecule has 4 nitrogen and oxygen atoms in total. The first-order valence-corrected chi connectivity index (χ1v) is 10.1. The van der Waals surface area contributed by atoms with Gasteiger partial charge in [-0.25, -0.2) is 0 Å². The van der Waals surface area contributed by atoms with E-state index in [0.29, 0.717) is 6.61 Å². The number of aromatic nitrogens is 1. The Morgan fingerprint density at radius 1 is 1.38 bits per heavy atom. The number of aromatic amines is 1. The number of fused-ring (bicyclic) bond motifs is 3. The molecule has 1 atom stereocenters. The monoisotopic (exact) mass is 454 g/mol. The van der Waals surface area contributed by atoms with Crippen LogP contribution in [-0.4, -0.2) is 24.1 Å². The molecule has 1 aliphatic carbocycles. The van der Waals surface area contributed by atoms with E-state index in [4.69, 9.17) is 4.74 Å². The molecule has 1 aromatic heterocycles. The third-order valence-corrected chi connectivity index (χ3v) is 7.50. The molecule has 1 fully saturated rings. The summed E-state index contributed by atoms with van der Waals surface area (Å²) in [6.45, 7) is 3.19. The zero-order valence-electron chi connectivity index (χ0n) is 13.5. The van der Waals surface area contributed by atoms with E-state index in [1.807, 2.05) is 13.0 Å². The Hall–Kier alpha value is -0.850. The van der Waals surface area contributed by atoms with Gasteiger partial charge in [-0.05, 0) is 82.3 Å². The van der Waals surface area contributed by atoms with Gasteiger partial charge in [0.05, 0.1) is 18.1 Å². The standard InChI is InChI=1S/C18H20Br2N2O2/c1-2-24-17(23)18(7-3-8-18)16-15-10(6-9-21-16)13-12(22-15)5-4-11(19)14(13)20/h4-5,16,21-22H,2-3,6-9H2,1H3. The Morgan fingerprint density at radius 2 is 2.17 bits per heavy atom. The maximum absolute atomic E-state index is 12.7. The summed E-state index contributed by atoms with van der Waals surface area (Å²) in [5.74, 6) is -0.0551. The number of carbonyl (C=O) groups is 1. The van der Waals surface area contributed by atoms with E-state index < -0.39 is 5.41 Å². The predicted molar refractivity (Wildman–Crippen MR) is 101 cm³/mol. The molecule has 1 aliphatic heterocycles. The van der Waals surface area contributed by atoms with Gasteiger partial charge in [0, 0.05) is 25.5 Å². The molecular weight excluding hydrogens is 436 g/mol. The number of H-pyrrole nitrogens is 1. The van der Waals surface area contributed by atoms with Gasteiger partial charge in [-0.15, -0.1) is 0 Å². The number of ether oxygens (including phenoxy) is 1. The normalized spacial score (nSPS) is 22.0. The molecule has 6 heteroatoms. The first kappa shape index (κ1) is 16.6. The van der Waals surface area contributed by atoms with Crippen LogP contribution in [0.2, 0.25) is 0 Å². The van der Waals surface area contributed by atoms with Gasteiger partial charge in [0.25, 0.3) is 0 Å². The fourth-order valence-corrected chi connectivity index (χ4v) is 5.08. The number of esters is 1. The SMILES string of the molecule is CCOC(=O)C1(C2NCCc3c2[nH]c2ccc(Br)c(Br)c32)CCC1. The van der Waals surface area contributed by atoms with Crippen LogP contribution >= 0.6 is 31.9 Å². The fourth-order valence-electron chi connectivity index (χ4n) is 4.17. The van der Waals surface area contributed by atoms with E-state index in [-0.39, 0.29) is 12.0 Å². The quantitative estimate of drug-likeness (QED) is 0.664. The van der Waals surface area contributed by atoms with Gasteiger partial charge >= 0.3 is 5.97 Å². The molecule has 0 saturated heterocycles. The average molecular weight is 456 g/mol. The van der Waals surface area contributed by atoms with E-state index >= 15 is 0 Å². The summed E-state index contributed by atoms with van der Waals surface area (Å²) < 4.78 is 7.56. The van der Waals surface area contributed by atoms with Crippen LogP contribution in [0.3, 0.4) is 0 Å². The lowest BCUT2D eigenvalue weighted by Gasteiger charge is -2.46. The fraction of sp³-hybridized carbons (Fsp3) is 0.500. The average Bonchev–Trinajstić information content (AvgIpc) is 2.90. The lowest BCUT2D eigenvalue weighted by atomic mass is 9.62. The number of benzene rings is 1. The molecule has 2 aliphatic rings. The van der Waals surface area contributed by atoms with E-state index in [9.17, 15) is 4.79 Å². The second-order valence-electron chi connectivity index (χ2n) is 6.67. The molecule has 4 rings (SSSR count). The molecule has 1 unspecified atom stereocenters. The predicted octanol–water partition coefficient (Wildman–Crippen LogP) is 4.61. The van der Waals surface area contributed by atoms with Crippen LogP contribution in [-0.2, 0) is 16.0 Å². The molecule has 0 radical (unpaired) electrons. The van der Waals surface area contributed by atoms with Crippen molar-refractivity contribution in [2.75, 3.05) is 13.2 Å². The Labute approximate surface area is 158 Å². The van der Waals surface area contributed by atoms with Gasteiger partial charge in [-0.2, -0.15) is 0 Å². The highest BCUT2D eigenvalue weighted by atomic mass is 79.9. The molecule has 2 heterocycles. The van der Waals surface area contributed by atoms with Crippen molar-refractivity contribution in [3.8, 4) is 0 Å². The number of nitrogens with one attached hydrogen (secondary N) is 2. The Kier molecular flexibility index (Phi) is 4.25. The molecule has 2 N–H and O–H groups in total. The van der Waals surface area contributed by atoms with Gasteiger partial charge in [-0.3, -0.25) is 4.79 Å².